The normalized spacial score (nSPS) is 14.0. The number of hydrogen-bond acceptors (Lipinski definition) is 5. The summed E-state index contributed by atoms with van der Waals surface area (Å²) in [6.07, 6.45) is 6.40. The van der Waals surface area contributed by atoms with E-state index in [4.69, 9.17) is 17.0 Å². The maximum atomic E-state index is 12.3. The Morgan fingerprint density at radius 1 is 1.07 bits per heavy atom. The number of nitrogens with one attached hydrogen (secondary N) is 3. The van der Waals surface area contributed by atoms with Gasteiger partial charge in [0.15, 0.2) is 5.11 Å². The van der Waals surface area contributed by atoms with Gasteiger partial charge >= 0.3 is 5.97 Å². The zero-order valence-electron chi connectivity index (χ0n) is 16.8. The fraction of sp³-hybridized carbons (Fsp3) is 0.524. The highest BCUT2D eigenvalue weighted by molar-refractivity contribution is 7.80. The number of carbonyl (C=O) groups is 3. The first-order valence-corrected chi connectivity index (χ1v) is 10.6. The van der Waals surface area contributed by atoms with E-state index in [9.17, 15) is 14.4 Å². The lowest BCUT2D eigenvalue weighted by molar-refractivity contribution is -0.144. The molecule has 1 aliphatic carbocycles. The summed E-state index contributed by atoms with van der Waals surface area (Å²) in [6, 6.07) is 7.16. The minimum atomic E-state index is -0.400. The van der Waals surface area contributed by atoms with Crippen LogP contribution in [0.3, 0.4) is 0 Å². The van der Waals surface area contributed by atoms with Gasteiger partial charge in [-0.25, -0.2) is 0 Å². The Morgan fingerprint density at radius 3 is 2.41 bits per heavy atom. The summed E-state index contributed by atoms with van der Waals surface area (Å²) in [5.74, 6) is -0.836. The predicted octanol–water partition coefficient (Wildman–Crippen LogP) is 3.30. The summed E-state index contributed by atoms with van der Waals surface area (Å²) in [5.41, 5.74) is 1.24. The highest BCUT2D eigenvalue weighted by Gasteiger charge is 2.16. The van der Waals surface area contributed by atoms with Gasteiger partial charge in [0.1, 0.15) is 0 Å². The SMILES string of the molecule is CCCOC(=O)CCC(=O)NC(=S)Nc1ccc(C(=O)NC2CCCCC2)cc1. The summed E-state index contributed by atoms with van der Waals surface area (Å²) in [7, 11) is 0. The van der Waals surface area contributed by atoms with E-state index in [0.717, 1.165) is 32.1 Å². The number of anilines is 1. The molecule has 0 spiro atoms. The lowest BCUT2D eigenvalue weighted by Crippen LogP contribution is -2.36. The minimum Gasteiger partial charge on any atom is -0.466 e. The van der Waals surface area contributed by atoms with Crippen LogP contribution in [0.25, 0.3) is 0 Å². The van der Waals surface area contributed by atoms with Gasteiger partial charge in [-0.15, -0.1) is 0 Å². The highest BCUT2D eigenvalue weighted by atomic mass is 32.1. The molecule has 0 unspecified atom stereocenters. The second kappa shape index (κ2) is 12.2. The first-order valence-electron chi connectivity index (χ1n) is 10.2. The average Bonchev–Trinajstić information content (AvgIpc) is 2.71. The van der Waals surface area contributed by atoms with Crippen molar-refractivity contribution in [3.05, 3.63) is 29.8 Å². The Morgan fingerprint density at radius 2 is 1.76 bits per heavy atom. The lowest BCUT2D eigenvalue weighted by atomic mass is 9.95. The zero-order valence-corrected chi connectivity index (χ0v) is 17.6. The molecule has 0 atom stereocenters. The number of esters is 1. The van der Waals surface area contributed by atoms with E-state index in [0.29, 0.717) is 17.9 Å². The third-order valence-corrected chi connectivity index (χ3v) is 4.83. The first kappa shape index (κ1) is 22.8. The van der Waals surface area contributed by atoms with Crippen LogP contribution in [0.4, 0.5) is 5.69 Å². The molecule has 0 bridgehead atoms. The molecule has 3 N–H and O–H groups in total. The van der Waals surface area contributed by atoms with Crippen LogP contribution in [0.15, 0.2) is 24.3 Å². The number of amides is 2. The number of rotatable bonds is 8. The van der Waals surface area contributed by atoms with Crippen LogP contribution < -0.4 is 16.0 Å². The zero-order chi connectivity index (χ0) is 21.1. The third kappa shape index (κ3) is 8.60. The van der Waals surface area contributed by atoms with Crippen LogP contribution in [0.1, 0.15) is 68.6 Å². The standard InChI is InChI=1S/C21H29N3O4S/c1-2-14-28-19(26)13-12-18(25)24-21(29)23-17-10-8-15(9-11-17)20(27)22-16-6-4-3-5-7-16/h8-11,16H,2-7,12-14H2,1H3,(H,22,27)(H2,23,24,25,29). The Bertz CT molecular complexity index is 715. The summed E-state index contributed by atoms with van der Waals surface area (Å²) in [4.78, 5) is 35.6. The molecule has 8 heteroatoms. The summed E-state index contributed by atoms with van der Waals surface area (Å²) in [5, 5.41) is 8.63. The molecule has 2 amide bonds. The van der Waals surface area contributed by atoms with Crippen molar-refractivity contribution in [3.8, 4) is 0 Å². The molecule has 29 heavy (non-hydrogen) atoms. The number of carbonyl (C=O) groups excluding carboxylic acids is 3. The van der Waals surface area contributed by atoms with Gasteiger partial charge in [0, 0.05) is 23.7 Å². The molecule has 0 heterocycles. The van der Waals surface area contributed by atoms with Crippen LogP contribution in [0.2, 0.25) is 0 Å². The van der Waals surface area contributed by atoms with Crippen molar-refractivity contribution in [3.63, 3.8) is 0 Å². The molecule has 0 radical (unpaired) electrons. The Labute approximate surface area is 177 Å². The van der Waals surface area contributed by atoms with Crippen LogP contribution in [0, 0.1) is 0 Å². The molecule has 1 fully saturated rings. The number of benzene rings is 1. The Hall–Kier alpha value is -2.48. The average molecular weight is 420 g/mol. The van der Waals surface area contributed by atoms with Crippen molar-refractivity contribution >= 4 is 40.8 Å². The number of thiocarbonyl (C=S) groups is 1. The van der Waals surface area contributed by atoms with E-state index in [1.165, 1.54) is 6.42 Å². The summed E-state index contributed by atoms with van der Waals surface area (Å²) < 4.78 is 4.92. The quantitative estimate of drug-likeness (QED) is 0.442. The topological polar surface area (TPSA) is 96.5 Å². The molecule has 2 rings (SSSR count). The summed E-state index contributed by atoms with van der Waals surface area (Å²) >= 11 is 5.12. The Kier molecular flexibility index (Phi) is 9.56. The van der Waals surface area contributed by atoms with Gasteiger partial charge in [-0.05, 0) is 55.7 Å². The van der Waals surface area contributed by atoms with Crippen LogP contribution in [-0.4, -0.2) is 35.5 Å². The molecule has 1 aliphatic rings. The first-order chi connectivity index (χ1) is 14.0. The molecule has 0 saturated heterocycles. The maximum absolute atomic E-state index is 12.3. The second-order valence-corrected chi connectivity index (χ2v) is 7.52. The molecule has 158 valence electrons. The summed E-state index contributed by atoms with van der Waals surface area (Å²) in [6.45, 7) is 2.26. The van der Waals surface area contributed by atoms with Gasteiger partial charge in [-0.3, -0.25) is 14.4 Å². The van der Waals surface area contributed by atoms with Crippen LogP contribution in [0.5, 0.6) is 0 Å². The number of hydrogen-bond donors (Lipinski definition) is 3. The molecule has 0 aliphatic heterocycles. The number of ether oxygens (including phenoxy) is 1. The largest absolute Gasteiger partial charge is 0.466 e. The van der Waals surface area contributed by atoms with E-state index >= 15 is 0 Å². The van der Waals surface area contributed by atoms with E-state index in [2.05, 4.69) is 16.0 Å². The van der Waals surface area contributed by atoms with Gasteiger partial charge in [-0.2, -0.15) is 0 Å². The molecule has 0 aromatic heterocycles. The molecule has 1 saturated carbocycles. The molecular weight excluding hydrogens is 390 g/mol. The van der Waals surface area contributed by atoms with E-state index in [1.807, 2.05) is 6.92 Å². The van der Waals surface area contributed by atoms with Crippen LogP contribution >= 0.6 is 12.2 Å². The van der Waals surface area contributed by atoms with Gasteiger partial charge < -0.3 is 20.7 Å². The van der Waals surface area contributed by atoms with Crippen LogP contribution in [-0.2, 0) is 14.3 Å². The van der Waals surface area contributed by atoms with E-state index in [-0.39, 0.29) is 35.8 Å². The van der Waals surface area contributed by atoms with Crippen molar-refractivity contribution in [1.29, 1.82) is 0 Å². The molecule has 1 aromatic rings. The maximum Gasteiger partial charge on any atom is 0.306 e. The van der Waals surface area contributed by atoms with Crippen molar-refractivity contribution in [2.75, 3.05) is 11.9 Å². The monoisotopic (exact) mass is 419 g/mol. The highest BCUT2D eigenvalue weighted by Crippen LogP contribution is 2.18. The predicted molar refractivity (Wildman–Crippen MR) is 116 cm³/mol. The third-order valence-electron chi connectivity index (χ3n) is 4.62. The molecule has 7 nitrogen and oxygen atoms in total. The van der Waals surface area contributed by atoms with E-state index < -0.39 is 5.97 Å². The lowest BCUT2D eigenvalue weighted by Gasteiger charge is -2.22. The smallest absolute Gasteiger partial charge is 0.306 e. The van der Waals surface area contributed by atoms with E-state index in [1.54, 1.807) is 24.3 Å². The molecule has 1 aromatic carbocycles. The van der Waals surface area contributed by atoms with Gasteiger partial charge in [0.05, 0.1) is 13.0 Å². The van der Waals surface area contributed by atoms with Crippen molar-refractivity contribution < 1.29 is 19.1 Å². The second-order valence-electron chi connectivity index (χ2n) is 7.11. The van der Waals surface area contributed by atoms with Crippen molar-refractivity contribution in [2.24, 2.45) is 0 Å². The van der Waals surface area contributed by atoms with Gasteiger partial charge in [0.25, 0.3) is 5.91 Å². The van der Waals surface area contributed by atoms with Gasteiger partial charge in [-0.1, -0.05) is 26.2 Å². The van der Waals surface area contributed by atoms with Crippen molar-refractivity contribution in [1.82, 2.24) is 10.6 Å². The molecular formula is C21H29N3O4S. The Balaban J connectivity index is 1.73. The van der Waals surface area contributed by atoms with Gasteiger partial charge in [0.2, 0.25) is 5.91 Å². The fourth-order valence-electron chi connectivity index (χ4n) is 3.08. The van der Waals surface area contributed by atoms with Crippen molar-refractivity contribution in [2.45, 2.75) is 64.3 Å². The fourth-order valence-corrected chi connectivity index (χ4v) is 3.31. The minimum absolute atomic E-state index is 0.00461.